The van der Waals surface area contributed by atoms with E-state index in [4.69, 9.17) is 4.74 Å². The van der Waals surface area contributed by atoms with Gasteiger partial charge in [0, 0.05) is 18.0 Å². The summed E-state index contributed by atoms with van der Waals surface area (Å²) in [6, 6.07) is 7.31. The Labute approximate surface area is 98.8 Å². The highest BCUT2D eigenvalue weighted by Crippen LogP contribution is 2.24. The summed E-state index contributed by atoms with van der Waals surface area (Å²) in [6.45, 7) is 2.04. The van der Waals surface area contributed by atoms with Gasteiger partial charge in [-0.1, -0.05) is 18.2 Å². The van der Waals surface area contributed by atoms with Crippen LogP contribution in [0.4, 0.5) is 4.39 Å². The zero-order valence-electron chi connectivity index (χ0n) is 9.87. The number of halogens is 1. The van der Waals surface area contributed by atoms with Gasteiger partial charge in [-0.3, -0.25) is 4.79 Å². The van der Waals surface area contributed by atoms with Gasteiger partial charge in [-0.05, 0) is 13.0 Å². The predicted octanol–water partition coefficient (Wildman–Crippen LogP) is 2.42. The van der Waals surface area contributed by atoms with Crippen molar-refractivity contribution in [3.63, 3.8) is 0 Å². The van der Waals surface area contributed by atoms with Crippen molar-refractivity contribution in [1.29, 1.82) is 0 Å². The molecule has 0 N–H and O–H groups in total. The standard InChI is InChI=1S/C13H14FNO2/c1-3-17-12(16)8-10-9-6-4-5-7-11(9)15(2)13(10)14/h4-7H,3,8H2,1-2H3. The van der Waals surface area contributed by atoms with Gasteiger partial charge in [-0.2, -0.15) is 4.39 Å². The molecule has 0 aliphatic carbocycles. The number of ether oxygens (including phenoxy) is 1. The topological polar surface area (TPSA) is 31.2 Å². The Morgan fingerprint density at radius 1 is 1.41 bits per heavy atom. The molecule has 4 heteroatoms. The molecule has 17 heavy (non-hydrogen) atoms. The fourth-order valence-electron chi connectivity index (χ4n) is 1.97. The summed E-state index contributed by atoms with van der Waals surface area (Å²) in [7, 11) is 1.65. The van der Waals surface area contributed by atoms with Gasteiger partial charge in [0.15, 0.2) is 5.95 Å². The number of hydrogen-bond donors (Lipinski definition) is 0. The molecular formula is C13H14FNO2. The number of nitrogens with zero attached hydrogens (tertiary/aromatic N) is 1. The van der Waals surface area contributed by atoms with E-state index in [1.165, 1.54) is 4.57 Å². The fraction of sp³-hybridized carbons (Fsp3) is 0.308. The lowest BCUT2D eigenvalue weighted by Gasteiger charge is -2.00. The van der Waals surface area contributed by atoms with Crippen LogP contribution in [-0.4, -0.2) is 17.1 Å². The van der Waals surface area contributed by atoms with E-state index < -0.39 is 5.97 Å². The minimum absolute atomic E-state index is 0.0268. The third-order valence-electron chi connectivity index (χ3n) is 2.76. The molecule has 0 amide bonds. The highest BCUT2D eigenvalue weighted by Gasteiger charge is 2.17. The van der Waals surface area contributed by atoms with Crippen LogP contribution in [-0.2, 0) is 23.0 Å². The smallest absolute Gasteiger partial charge is 0.310 e. The summed E-state index contributed by atoms with van der Waals surface area (Å²) in [4.78, 5) is 11.4. The highest BCUT2D eigenvalue weighted by molar-refractivity contribution is 5.88. The summed E-state index contributed by atoms with van der Waals surface area (Å²) in [6.07, 6.45) is -0.0268. The number of carbonyl (C=O) groups is 1. The Balaban J connectivity index is 2.46. The van der Waals surface area contributed by atoms with Crippen molar-refractivity contribution in [2.24, 2.45) is 7.05 Å². The molecule has 3 nitrogen and oxygen atoms in total. The Bertz CT molecular complexity index is 560. The maximum atomic E-state index is 14.0. The van der Waals surface area contributed by atoms with Crippen LogP contribution in [0, 0.1) is 5.95 Å². The Morgan fingerprint density at radius 3 is 2.82 bits per heavy atom. The lowest BCUT2D eigenvalue weighted by molar-refractivity contribution is -0.142. The number of carbonyl (C=O) groups excluding carboxylic acids is 1. The van der Waals surface area contributed by atoms with E-state index in [0.29, 0.717) is 12.2 Å². The van der Waals surface area contributed by atoms with E-state index in [-0.39, 0.29) is 12.4 Å². The van der Waals surface area contributed by atoms with Crippen molar-refractivity contribution < 1.29 is 13.9 Å². The molecule has 0 bridgehead atoms. The van der Waals surface area contributed by atoms with Crippen LogP contribution in [0.25, 0.3) is 10.9 Å². The maximum absolute atomic E-state index is 14.0. The van der Waals surface area contributed by atoms with Gasteiger partial charge in [0.05, 0.1) is 18.5 Å². The first-order valence-corrected chi connectivity index (χ1v) is 5.52. The van der Waals surface area contributed by atoms with Gasteiger partial charge in [-0.25, -0.2) is 0 Å². The van der Waals surface area contributed by atoms with Crippen LogP contribution in [0.2, 0.25) is 0 Å². The highest BCUT2D eigenvalue weighted by atomic mass is 19.1. The minimum atomic E-state index is -0.400. The lowest BCUT2D eigenvalue weighted by Crippen LogP contribution is -2.08. The van der Waals surface area contributed by atoms with Crippen LogP contribution in [0.3, 0.4) is 0 Å². The number of esters is 1. The molecule has 2 aromatic rings. The van der Waals surface area contributed by atoms with E-state index in [9.17, 15) is 9.18 Å². The molecule has 1 aromatic carbocycles. The molecule has 0 aliphatic heterocycles. The van der Waals surface area contributed by atoms with Gasteiger partial charge >= 0.3 is 5.97 Å². The zero-order chi connectivity index (χ0) is 12.4. The molecule has 0 unspecified atom stereocenters. The third kappa shape index (κ3) is 2.02. The Hall–Kier alpha value is -1.84. The predicted molar refractivity (Wildman–Crippen MR) is 63.2 cm³/mol. The number of hydrogen-bond acceptors (Lipinski definition) is 2. The second-order valence-electron chi connectivity index (χ2n) is 3.83. The first kappa shape index (κ1) is 11.6. The molecule has 0 spiro atoms. The molecule has 0 radical (unpaired) electrons. The van der Waals surface area contributed by atoms with E-state index in [1.807, 2.05) is 24.3 Å². The normalized spacial score (nSPS) is 10.8. The van der Waals surface area contributed by atoms with Crippen LogP contribution in [0.15, 0.2) is 24.3 Å². The summed E-state index contributed by atoms with van der Waals surface area (Å²) in [5, 5.41) is 0.764. The molecule has 0 saturated carbocycles. The number of fused-ring (bicyclic) bond motifs is 1. The fourth-order valence-corrected chi connectivity index (χ4v) is 1.97. The average Bonchev–Trinajstić information content (AvgIpc) is 2.56. The van der Waals surface area contributed by atoms with Crippen LogP contribution >= 0.6 is 0 Å². The van der Waals surface area contributed by atoms with Crippen molar-refractivity contribution in [3.8, 4) is 0 Å². The third-order valence-corrected chi connectivity index (χ3v) is 2.76. The van der Waals surface area contributed by atoms with Gasteiger partial charge in [0.25, 0.3) is 0 Å². The molecule has 0 fully saturated rings. The number of para-hydroxylation sites is 1. The molecule has 1 aromatic heterocycles. The van der Waals surface area contributed by atoms with Crippen molar-refractivity contribution in [2.75, 3.05) is 6.61 Å². The average molecular weight is 235 g/mol. The number of rotatable bonds is 3. The molecule has 2 rings (SSSR count). The van der Waals surface area contributed by atoms with E-state index >= 15 is 0 Å². The molecule has 0 saturated heterocycles. The maximum Gasteiger partial charge on any atom is 0.310 e. The zero-order valence-corrected chi connectivity index (χ0v) is 9.87. The van der Waals surface area contributed by atoms with Crippen LogP contribution in [0.5, 0.6) is 0 Å². The van der Waals surface area contributed by atoms with Crippen LogP contribution in [0.1, 0.15) is 12.5 Å². The summed E-state index contributed by atoms with van der Waals surface area (Å²) in [5.74, 6) is -0.776. The number of aromatic nitrogens is 1. The summed E-state index contributed by atoms with van der Waals surface area (Å²) in [5.41, 5.74) is 1.19. The van der Waals surface area contributed by atoms with E-state index in [1.54, 1.807) is 14.0 Å². The van der Waals surface area contributed by atoms with Crippen molar-refractivity contribution in [1.82, 2.24) is 4.57 Å². The Kier molecular flexibility index (Phi) is 3.13. The van der Waals surface area contributed by atoms with Crippen molar-refractivity contribution in [2.45, 2.75) is 13.3 Å². The van der Waals surface area contributed by atoms with E-state index in [2.05, 4.69) is 0 Å². The second kappa shape index (κ2) is 4.57. The van der Waals surface area contributed by atoms with Gasteiger partial charge in [0.2, 0.25) is 0 Å². The molecule has 90 valence electrons. The minimum Gasteiger partial charge on any atom is -0.466 e. The lowest BCUT2D eigenvalue weighted by atomic mass is 10.1. The van der Waals surface area contributed by atoms with Gasteiger partial charge in [-0.15, -0.1) is 0 Å². The first-order valence-electron chi connectivity index (χ1n) is 5.52. The van der Waals surface area contributed by atoms with Crippen LogP contribution < -0.4 is 0 Å². The first-order chi connectivity index (χ1) is 8.15. The second-order valence-corrected chi connectivity index (χ2v) is 3.83. The van der Waals surface area contributed by atoms with E-state index in [0.717, 1.165) is 10.9 Å². The van der Waals surface area contributed by atoms with Crippen molar-refractivity contribution in [3.05, 3.63) is 35.8 Å². The van der Waals surface area contributed by atoms with Crippen molar-refractivity contribution >= 4 is 16.9 Å². The summed E-state index contributed by atoms with van der Waals surface area (Å²) >= 11 is 0. The number of aryl methyl sites for hydroxylation is 1. The SMILES string of the molecule is CCOC(=O)Cc1c(F)n(C)c2ccccc12. The Morgan fingerprint density at radius 2 is 2.12 bits per heavy atom. The van der Waals surface area contributed by atoms with Gasteiger partial charge in [0.1, 0.15) is 0 Å². The number of benzene rings is 1. The monoisotopic (exact) mass is 235 g/mol. The molecule has 0 aliphatic rings. The molecule has 0 atom stereocenters. The van der Waals surface area contributed by atoms with Gasteiger partial charge < -0.3 is 9.30 Å². The molecular weight excluding hydrogens is 221 g/mol. The summed E-state index contributed by atoms with van der Waals surface area (Å²) < 4.78 is 20.3. The molecule has 1 heterocycles. The quantitative estimate of drug-likeness (QED) is 0.765. The largest absolute Gasteiger partial charge is 0.466 e.